The van der Waals surface area contributed by atoms with Gasteiger partial charge < -0.3 is 5.73 Å². The standard InChI is InChI=1S/C12H18N2/c13-12-8-4-1-2-6-10(8)14-11-7-3-5-9(11)12/h8,10H,1-7,13H2/t8-,10+/m0/s1. The fraction of sp³-hybridized carbons (Fsp3) is 0.750. The van der Waals surface area contributed by atoms with Crippen LogP contribution in [0.3, 0.4) is 0 Å². The summed E-state index contributed by atoms with van der Waals surface area (Å²) in [6.07, 6.45) is 8.88. The van der Waals surface area contributed by atoms with Crippen LogP contribution in [0.15, 0.2) is 16.3 Å². The predicted molar refractivity (Wildman–Crippen MR) is 58.2 cm³/mol. The van der Waals surface area contributed by atoms with Crippen molar-refractivity contribution in [3.8, 4) is 0 Å². The first-order valence-electron chi connectivity index (χ1n) is 5.92. The molecule has 76 valence electrons. The van der Waals surface area contributed by atoms with E-state index >= 15 is 0 Å². The van der Waals surface area contributed by atoms with Crippen molar-refractivity contribution in [2.75, 3.05) is 0 Å². The molecule has 0 amide bonds. The summed E-state index contributed by atoms with van der Waals surface area (Å²) in [5.41, 5.74) is 10.3. The van der Waals surface area contributed by atoms with Gasteiger partial charge in [-0.1, -0.05) is 12.8 Å². The van der Waals surface area contributed by atoms with Crippen LogP contribution in [0.25, 0.3) is 0 Å². The Balaban J connectivity index is 1.98. The molecule has 3 aliphatic rings. The second-order valence-corrected chi connectivity index (χ2v) is 4.82. The molecule has 0 radical (unpaired) electrons. The Kier molecular flexibility index (Phi) is 1.89. The minimum Gasteiger partial charge on any atom is -0.401 e. The van der Waals surface area contributed by atoms with Gasteiger partial charge in [-0.05, 0) is 37.7 Å². The monoisotopic (exact) mass is 190 g/mol. The number of nitrogens with two attached hydrogens (primary N) is 1. The molecule has 0 aromatic heterocycles. The van der Waals surface area contributed by atoms with Gasteiger partial charge in [0, 0.05) is 17.3 Å². The van der Waals surface area contributed by atoms with E-state index in [4.69, 9.17) is 10.7 Å². The van der Waals surface area contributed by atoms with E-state index in [1.165, 1.54) is 61.9 Å². The number of hydrogen-bond acceptors (Lipinski definition) is 2. The van der Waals surface area contributed by atoms with E-state index in [0.717, 1.165) is 0 Å². The van der Waals surface area contributed by atoms with E-state index < -0.39 is 0 Å². The molecule has 2 nitrogen and oxygen atoms in total. The van der Waals surface area contributed by atoms with Gasteiger partial charge in [0.25, 0.3) is 0 Å². The molecule has 0 saturated heterocycles. The van der Waals surface area contributed by atoms with Gasteiger partial charge in [-0.3, -0.25) is 4.99 Å². The number of hydrogen-bond donors (Lipinski definition) is 1. The maximum absolute atomic E-state index is 6.27. The molecule has 0 aromatic rings. The van der Waals surface area contributed by atoms with Gasteiger partial charge in [0.15, 0.2) is 0 Å². The minimum atomic E-state index is 0.542. The van der Waals surface area contributed by atoms with Crippen LogP contribution < -0.4 is 5.73 Å². The summed E-state index contributed by atoms with van der Waals surface area (Å²) in [6, 6.07) is 0.542. The quantitative estimate of drug-likeness (QED) is 0.626. The number of allylic oxidation sites excluding steroid dienone is 1. The van der Waals surface area contributed by atoms with Crippen LogP contribution in [0, 0.1) is 5.92 Å². The smallest absolute Gasteiger partial charge is 0.0585 e. The number of rotatable bonds is 0. The van der Waals surface area contributed by atoms with Crippen molar-refractivity contribution in [1.82, 2.24) is 0 Å². The molecule has 0 unspecified atom stereocenters. The van der Waals surface area contributed by atoms with E-state index in [1.807, 2.05) is 0 Å². The van der Waals surface area contributed by atoms with Gasteiger partial charge in [0.2, 0.25) is 0 Å². The number of fused-ring (bicyclic) bond motifs is 2. The number of nitrogens with zero attached hydrogens (tertiary/aromatic N) is 1. The summed E-state index contributed by atoms with van der Waals surface area (Å²) in [6.45, 7) is 0. The van der Waals surface area contributed by atoms with Crippen LogP contribution in [-0.2, 0) is 0 Å². The molecule has 1 aliphatic heterocycles. The molecule has 14 heavy (non-hydrogen) atoms. The van der Waals surface area contributed by atoms with Crippen molar-refractivity contribution in [2.24, 2.45) is 16.6 Å². The SMILES string of the molecule is NC1=C2CCCC2=N[C@@H]2CCCC[C@H]12. The van der Waals surface area contributed by atoms with Gasteiger partial charge in [0.05, 0.1) is 6.04 Å². The summed E-state index contributed by atoms with van der Waals surface area (Å²) in [5, 5.41) is 0. The number of dihydropyridines is 1. The average molecular weight is 190 g/mol. The molecule has 2 aliphatic carbocycles. The van der Waals surface area contributed by atoms with Crippen LogP contribution in [0.4, 0.5) is 0 Å². The van der Waals surface area contributed by atoms with Crippen molar-refractivity contribution in [3.63, 3.8) is 0 Å². The Morgan fingerprint density at radius 2 is 1.93 bits per heavy atom. The summed E-state index contributed by atoms with van der Waals surface area (Å²) < 4.78 is 0. The molecule has 2 N–H and O–H groups in total. The summed E-state index contributed by atoms with van der Waals surface area (Å²) >= 11 is 0. The second-order valence-electron chi connectivity index (χ2n) is 4.82. The van der Waals surface area contributed by atoms with Gasteiger partial charge >= 0.3 is 0 Å². The Hall–Kier alpha value is -0.790. The van der Waals surface area contributed by atoms with Crippen molar-refractivity contribution < 1.29 is 0 Å². The molecule has 0 bridgehead atoms. The normalized spacial score (nSPS) is 36.4. The highest BCUT2D eigenvalue weighted by atomic mass is 14.9. The first-order valence-corrected chi connectivity index (χ1v) is 5.92. The Bertz CT molecular complexity index is 314. The lowest BCUT2D eigenvalue weighted by Gasteiger charge is -2.33. The first kappa shape index (κ1) is 8.51. The van der Waals surface area contributed by atoms with Gasteiger partial charge in [-0.15, -0.1) is 0 Å². The molecule has 2 saturated carbocycles. The number of aliphatic imine (C=N–C) groups is 1. The molecule has 2 atom stereocenters. The van der Waals surface area contributed by atoms with Gasteiger partial charge in [0.1, 0.15) is 0 Å². The average Bonchev–Trinajstić information content (AvgIpc) is 2.66. The van der Waals surface area contributed by atoms with Gasteiger partial charge in [-0.2, -0.15) is 0 Å². The summed E-state index contributed by atoms with van der Waals surface area (Å²) in [4.78, 5) is 4.89. The maximum Gasteiger partial charge on any atom is 0.0585 e. The molecule has 1 heterocycles. The highest BCUT2D eigenvalue weighted by Gasteiger charge is 2.34. The lowest BCUT2D eigenvalue weighted by Crippen LogP contribution is -2.33. The molecule has 0 aromatic carbocycles. The predicted octanol–water partition coefficient (Wildman–Crippen LogP) is 2.40. The van der Waals surface area contributed by atoms with Crippen molar-refractivity contribution in [1.29, 1.82) is 0 Å². The Morgan fingerprint density at radius 3 is 2.86 bits per heavy atom. The van der Waals surface area contributed by atoms with E-state index in [2.05, 4.69) is 0 Å². The summed E-state index contributed by atoms with van der Waals surface area (Å²) in [7, 11) is 0. The third-order valence-corrected chi connectivity index (χ3v) is 3.99. The van der Waals surface area contributed by atoms with Gasteiger partial charge in [-0.25, -0.2) is 0 Å². The molecular weight excluding hydrogens is 172 g/mol. The van der Waals surface area contributed by atoms with Crippen molar-refractivity contribution in [3.05, 3.63) is 11.3 Å². The van der Waals surface area contributed by atoms with Crippen LogP contribution in [0.1, 0.15) is 44.9 Å². The van der Waals surface area contributed by atoms with Crippen LogP contribution in [0.5, 0.6) is 0 Å². The highest BCUT2D eigenvalue weighted by molar-refractivity contribution is 6.03. The first-order chi connectivity index (χ1) is 6.86. The lowest BCUT2D eigenvalue weighted by atomic mass is 9.79. The molecule has 3 rings (SSSR count). The van der Waals surface area contributed by atoms with Crippen molar-refractivity contribution >= 4 is 5.71 Å². The maximum atomic E-state index is 6.27. The Morgan fingerprint density at radius 1 is 1.07 bits per heavy atom. The molecule has 2 fully saturated rings. The molecular formula is C12H18N2. The largest absolute Gasteiger partial charge is 0.401 e. The Labute approximate surface area is 85.3 Å². The zero-order chi connectivity index (χ0) is 9.54. The topological polar surface area (TPSA) is 38.4 Å². The lowest BCUT2D eigenvalue weighted by molar-refractivity contribution is 0.342. The van der Waals surface area contributed by atoms with Crippen molar-refractivity contribution in [2.45, 2.75) is 51.0 Å². The fourth-order valence-corrected chi connectivity index (χ4v) is 3.23. The second kappa shape index (κ2) is 3.11. The third-order valence-electron chi connectivity index (χ3n) is 3.99. The molecule has 0 spiro atoms. The van der Waals surface area contributed by atoms with E-state index in [1.54, 1.807) is 0 Å². The fourth-order valence-electron chi connectivity index (χ4n) is 3.23. The van der Waals surface area contributed by atoms with E-state index in [0.29, 0.717) is 12.0 Å². The van der Waals surface area contributed by atoms with E-state index in [9.17, 15) is 0 Å². The highest BCUT2D eigenvalue weighted by Crippen LogP contribution is 2.39. The third kappa shape index (κ3) is 1.13. The minimum absolute atomic E-state index is 0.542. The molecule has 2 heteroatoms. The van der Waals surface area contributed by atoms with Crippen LogP contribution in [0.2, 0.25) is 0 Å². The summed E-state index contributed by atoms with van der Waals surface area (Å²) in [5.74, 6) is 0.598. The van der Waals surface area contributed by atoms with E-state index in [-0.39, 0.29) is 0 Å². The van der Waals surface area contributed by atoms with Crippen LogP contribution in [-0.4, -0.2) is 11.8 Å². The zero-order valence-electron chi connectivity index (χ0n) is 8.63. The zero-order valence-corrected chi connectivity index (χ0v) is 8.63. The van der Waals surface area contributed by atoms with Crippen LogP contribution >= 0.6 is 0 Å².